The van der Waals surface area contributed by atoms with Crippen LogP contribution in [-0.4, -0.2) is 17.8 Å². The van der Waals surface area contributed by atoms with E-state index in [2.05, 4.69) is 0 Å². The fraction of sp³-hybridized carbons (Fsp3) is 0.333. The number of hydrogen-bond donors (Lipinski definition) is 0. The number of aromatic nitrogens is 2. The van der Waals surface area contributed by atoms with Crippen molar-refractivity contribution in [2.75, 3.05) is 0 Å². The second kappa shape index (κ2) is 6.41. The third kappa shape index (κ3) is 3.50. The van der Waals surface area contributed by atoms with E-state index in [-0.39, 0.29) is 11.8 Å². The second-order valence-corrected chi connectivity index (χ2v) is 4.93. The first kappa shape index (κ1) is 14.4. The van der Waals surface area contributed by atoms with E-state index in [4.69, 9.17) is 4.74 Å². The molecule has 0 aliphatic rings. The number of hydrogen-bond acceptors (Lipinski definition) is 2. The summed E-state index contributed by atoms with van der Waals surface area (Å²) in [4.78, 5) is 12.0. The van der Waals surface area contributed by atoms with Crippen molar-refractivity contribution in [3.8, 4) is 0 Å². The van der Waals surface area contributed by atoms with E-state index in [0.29, 0.717) is 6.61 Å². The molecule has 1 aromatic carbocycles. The van der Waals surface area contributed by atoms with E-state index in [1.165, 1.54) is 0 Å². The van der Waals surface area contributed by atoms with Crippen LogP contribution in [0.15, 0.2) is 42.7 Å². The SMILES string of the molecule is CC([B]c1n(C)cc[n+]1C)C(=O)OCc1ccccc1. The van der Waals surface area contributed by atoms with Crippen LogP contribution in [0.2, 0.25) is 5.82 Å². The fourth-order valence-electron chi connectivity index (χ4n) is 1.99. The van der Waals surface area contributed by atoms with Crippen molar-refractivity contribution >= 4 is 19.0 Å². The van der Waals surface area contributed by atoms with Crippen LogP contribution in [0.25, 0.3) is 0 Å². The van der Waals surface area contributed by atoms with Gasteiger partial charge >= 0.3 is 5.97 Å². The van der Waals surface area contributed by atoms with Gasteiger partial charge in [0.25, 0.3) is 7.28 Å². The standard InChI is InChI=1S/C15H19BN2O2/c1-12(16-15-17(2)9-10-18(15)3)14(19)20-11-13-7-5-4-6-8-13/h4-10,12H,11H2,1-3H3/q+1. The van der Waals surface area contributed by atoms with Crippen LogP contribution in [-0.2, 0) is 30.2 Å². The lowest BCUT2D eigenvalue weighted by atomic mass is 9.64. The first-order chi connectivity index (χ1) is 9.58. The average Bonchev–Trinajstić information content (AvgIpc) is 2.77. The molecule has 0 aliphatic heterocycles. The van der Waals surface area contributed by atoms with Crippen LogP contribution < -0.4 is 10.3 Å². The average molecular weight is 270 g/mol. The Kier molecular flexibility index (Phi) is 4.61. The normalized spacial score (nSPS) is 11.9. The fourth-order valence-corrected chi connectivity index (χ4v) is 1.99. The molecule has 1 unspecified atom stereocenters. The summed E-state index contributed by atoms with van der Waals surface area (Å²) in [7, 11) is 5.81. The molecule has 1 radical (unpaired) electrons. The predicted molar refractivity (Wildman–Crippen MR) is 77.6 cm³/mol. The summed E-state index contributed by atoms with van der Waals surface area (Å²) in [6.07, 6.45) is 3.90. The highest BCUT2D eigenvalue weighted by Gasteiger charge is 2.24. The summed E-state index contributed by atoms with van der Waals surface area (Å²) in [5, 5.41) is 0. The zero-order chi connectivity index (χ0) is 14.5. The summed E-state index contributed by atoms with van der Waals surface area (Å²) in [5.41, 5.74) is 1.98. The molecular weight excluding hydrogens is 251 g/mol. The van der Waals surface area contributed by atoms with Crippen LogP contribution >= 0.6 is 0 Å². The van der Waals surface area contributed by atoms with Crippen molar-refractivity contribution in [1.29, 1.82) is 0 Å². The molecule has 0 bridgehead atoms. The number of nitrogens with zero attached hydrogens (tertiary/aromatic N) is 2. The van der Waals surface area contributed by atoms with Gasteiger partial charge in [-0.3, -0.25) is 4.79 Å². The van der Waals surface area contributed by atoms with E-state index in [1.54, 1.807) is 0 Å². The van der Waals surface area contributed by atoms with Gasteiger partial charge in [0.15, 0.2) is 5.72 Å². The molecule has 0 aliphatic carbocycles. The number of rotatable bonds is 5. The molecule has 1 atom stereocenters. The van der Waals surface area contributed by atoms with Crippen molar-refractivity contribution in [2.24, 2.45) is 14.1 Å². The summed E-state index contributed by atoms with van der Waals surface area (Å²) in [5.74, 6) is -0.492. The zero-order valence-corrected chi connectivity index (χ0v) is 12.1. The van der Waals surface area contributed by atoms with Crippen molar-refractivity contribution < 1.29 is 14.1 Å². The van der Waals surface area contributed by atoms with E-state index in [1.807, 2.05) is 80.2 Å². The van der Waals surface area contributed by atoms with E-state index < -0.39 is 0 Å². The molecule has 0 saturated heterocycles. The highest BCUT2D eigenvalue weighted by molar-refractivity contribution is 6.56. The maximum atomic E-state index is 12.0. The lowest BCUT2D eigenvalue weighted by Crippen LogP contribution is -2.51. The number of esters is 1. The number of imidazole rings is 1. The molecule has 2 rings (SSSR count). The largest absolute Gasteiger partial charge is 0.461 e. The molecule has 0 amide bonds. The van der Waals surface area contributed by atoms with Crippen molar-refractivity contribution in [3.05, 3.63) is 48.3 Å². The molecule has 0 saturated carbocycles. The summed E-state index contributed by atoms with van der Waals surface area (Å²) < 4.78 is 9.28. The van der Waals surface area contributed by atoms with Gasteiger partial charge in [0.05, 0.1) is 14.1 Å². The van der Waals surface area contributed by atoms with Crippen LogP contribution in [0.4, 0.5) is 0 Å². The molecule has 0 fully saturated rings. The molecule has 5 heteroatoms. The molecule has 0 N–H and O–H groups in total. The third-order valence-electron chi connectivity index (χ3n) is 3.23. The van der Waals surface area contributed by atoms with Crippen molar-refractivity contribution in [1.82, 2.24) is 4.57 Å². The lowest BCUT2D eigenvalue weighted by Gasteiger charge is -2.09. The minimum atomic E-state index is -0.279. The number of carbonyl (C=O) groups is 1. The highest BCUT2D eigenvalue weighted by atomic mass is 16.5. The van der Waals surface area contributed by atoms with Crippen LogP contribution in [0, 0.1) is 0 Å². The molecular formula is C15H19BN2O2+. The summed E-state index contributed by atoms with van der Waals surface area (Å²) in [6.45, 7) is 2.16. The minimum absolute atomic E-state index is 0.213. The molecule has 0 spiro atoms. The smallest absolute Gasteiger partial charge is 0.301 e. The van der Waals surface area contributed by atoms with E-state index in [0.717, 1.165) is 11.3 Å². The second-order valence-electron chi connectivity index (χ2n) is 4.93. The molecule has 103 valence electrons. The van der Waals surface area contributed by atoms with E-state index >= 15 is 0 Å². The van der Waals surface area contributed by atoms with Crippen LogP contribution in [0.5, 0.6) is 0 Å². The Balaban J connectivity index is 1.89. The van der Waals surface area contributed by atoms with Crippen molar-refractivity contribution in [2.45, 2.75) is 19.3 Å². The molecule has 20 heavy (non-hydrogen) atoms. The van der Waals surface area contributed by atoms with Crippen LogP contribution in [0.3, 0.4) is 0 Å². The Morgan fingerprint density at radius 2 is 2.10 bits per heavy atom. The Morgan fingerprint density at radius 1 is 1.40 bits per heavy atom. The van der Waals surface area contributed by atoms with Gasteiger partial charge in [-0.1, -0.05) is 37.3 Å². The van der Waals surface area contributed by atoms with Gasteiger partial charge in [-0.15, -0.1) is 0 Å². The van der Waals surface area contributed by atoms with E-state index in [9.17, 15) is 4.79 Å². The Hall–Kier alpha value is -2.04. The number of carbonyl (C=O) groups excluding carboxylic acids is 1. The Labute approximate surface area is 120 Å². The third-order valence-corrected chi connectivity index (χ3v) is 3.23. The molecule has 4 nitrogen and oxygen atoms in total. The molecule has 1 aromatic heterocycles. The lowest BCUT2D eigenvalue weighted by molar-refractivity contribution is -0.653. The van der Waals surface area contributed by atoms with Crippen molar-refractivity contribution in [3.63, 3.8) is 0 Å². The zero-order valence-electron chi connectivity index (χ0n) is 12.1. The first-order valence-corrected chi connectivity index (χ1v) is 6.64. The first-order valence-electron chi connectivity index (χ1n) is 6.64. The summed E-state index contributed by atoms with van der Waals surface area (Å²) in [6, 6.07) is 9.69. The van der Waals surface area contributed by atoms with Gasteiger partial charge in [-0.2, -0.15) is 0 Å². The van der Waals surface area contributed by atoms with Gasteiger partial charge in [0.2, 0.25) is 0 Å². The Morgan fingerprint density at radius 3 is 2.70 bits per heavy atom. The maximum absolute atomic E-state index is 12.0. The molecule has 1 heterocycles. The van der Waals surface area contributed by atoms with Gasteiger partial charge in [0, 0.05) is 5.82 Å². The van der Waals surface area contributed by atoms with Gasteiger partial charge < -0.3 is 4.74 Å². The topological polar surface area (TPSA) is 35.1 Å². The van der Waals surface area contributed by atoms with Gasteiger partial charge in [-0.25, -0.2) is 9.13 Å². The van der Waals surface area contributed by atoms with Gasteiger partial charge in [0.1, 0.15) is 19.0 Å². The van der Waals surface area contributed by atoms with Gasteiger partial charge in [-0.05, 0) is 5.56 Å². The van der Waals surface area contributed by atoms with Crippen LogP contribution in [0.1, 0.15) is 12.5 Å². The summed E-state index contributed by atoms with van der Waals surface area (Å²) >= 11 is 0. The molecule has 2 aromatic rings. The number of benzene rings is 1. The Bertz CT molecular complexity index is 561. The monoisotopic (exact) mass is 270 g/mol. The predicted octanol–water partition coefficient (Wildman–Crippen LogP) is 0.731. The maximum Gasteiger partial charge on any atom is 0.301 e. The number of aryl methyl sites for hydroxylation is 2. The minimum Gasteiger partial charge on any atom is -0.461 e. The number of ether oxygens (including phenoxy) is 1. The highest BCUT2D eigenvalue weighted by Crippen LogP contribution is 2.07. The quantitative estimate of drug-likeness (QED) is 0.456.